The van der Waals surface area contributed by atoms with Gasteiger partial charge in [0, 0.05) is 0 Å². The molecule has 0 aliphatic carbocycles. The van der Waals surface area contributed by atoms with Crippen LogP contribution in [0.25, 0.3) is 0 Å². The van der Waals surface area contributed by atoms with Crippen LogP contribution < -0.4 is 0 Å². The van der Waals surface area contributed by atoms with Crippen molar-refractivity contribution in [3.8, 4) is 0 Å². The third-order valence-electron chi connectivity index (χ3n) is 1.61. The van der Waals surface area contributed by atoms with Crippen LogP contribution in [0.2, 0.25) is 0 Å². The van der Waals surface area contributed by atoms with Gasteiger partial charge in [-0.15, -0.1) is 0 Å². The Morgan fingerprint density at radius 1 is 1.25 bits per heavy atom. The molecule has 0 radical (unpaired) electrons. The van der Waals surface area contributed by atoms with Gasteiger partial charge in [0.1, 0.15) is 0 Å². The molecule has 0 saturated carbocycles. The molecular formula is C10H11NO. The van der Waals surface area contributed by atoms with E-state index in [0.717, 1.165) is 5.56 Å². The van der Waals surface area contributed by atoms with Crippen molar-refractivity contribution >= 4 is 6.08 Å². The lowest BCUT2D eigenvalue weighted by Gasteiger charge is -2.00. The summed E-state index contributed by atoms with van der Waals surface area (Å²) in [6, 6.07) is 6.13. The average molecular weight is 161 g/mol. The molecular weight excluding hydrogens is 150 g/mol. The maximum absolute atomic E-state index is 9.86. The van der Waals surface area contributed by atoms with E-state index in [0.29, 0.717) is 6.54 Å². The second-order valence-corrected chi connectivity index (χ2v) is 2.90. The molecule has 0 fully saturated rings. The number of carbonyl (C=O) groups excluding carboxylic acids is 1. The van der Waals surface area contributed by atoms with Gasteiger partial charge < -0.3 is 0 Å². The molecule has 0 atom stereocenters. The highest BCUT2D eigenvalue weighted by atomic mass is 16.1. The van der Waals surface area contributed by atoms with Crippen molar-refractivity contribution in [2.45, 2.75) is 20.4 Å². The van der Waals surface area contributed by atoms with E-state index >= 15 is 0 Å². The summed E-state index contributed by atoms with van der Waals surface area (Å²) < 4.78 is 0. The molecule has 0 N–H and O–H groups in total. The van der Waals surface area contributed by atoms with Crippen LogP contribution in [0.4, 0.5) is 0 Å². The van der Waals surface area contributed by atoms with Gasteiger partial charge in [0.2, 0.25) is 6.08 Å². The Bertz CT molecular complexity index is 304. The smallest absolute Gasteiger partial charge is 0.211 e. The topological polar surface area (TPSA) is 29.4 Å². The maximum Gasteiger partial charge on any atom is 0.235 e. The first-order chi connectivity index (χ1) is 5.72. The van der Waals surface area contributed by atoms with Crippen LogP contribution in [0.5, 0.6) is 0 Å². The Hall–Kier alpha value is -1.40. The van der Waals surface area contributed by atoms with Gasteiger partial charge in [0.05, 0.1) is 6.54 Å². The Morgan fingerprint density at radius 3 is 2.33 bits per heavy atom. The van der Waals surface area contributed by atoms with Crippen molar-refractivity contribution in [1.82, 2.24) is 0 Å². The fourth-order valence-electron chi connectivity index (χ4n) is 1.28. The van der Waals surface area contributed by atoms with Crippen LogP contribution in [-0.4, -0.2) is 6.08 Å². The van der Waals surface area contributed by atoms with Crippen molar-refractivity contribution < 1.29 is 4.79 Å². The predicted molar refractivity (Wildman–Crippen MR) is 47.7 cm³/mol. The van der Waals surface area contributed by atoms with E-state index in [4.69, 9.17) is 0 Å². The van der Waals surface area contributed by atoms with Gasteiger partial charge in [-0.1, -0.05) is 29.3 Å². The second-order valence-electron chi connectivity index (χ2n) is 2.90. The molecule has 0 spiro atoms. The monoisotopic (exact) mass is 161 g/mol. The van der Waals surface area contributed by atoms with E-state index < -0.39 is 0 Å². The third-order valence-corrected chi connectivity index (χ3v) is 1.61. The fraction of sp³-hybridized carbons (Fsp3) is 0.300. The minimum absolute atomic E-state index is 0.437. The third kappa shape index (κ3) is 2.33. The summed E-state index contributed by atoms with van der Waals surface area (Å²) in [5.74, 6) is 0. The van der Waals surface area contributed by atoms with Gasteiger partial charge in [0.25, 0.3) is 0 Å². The van der Waals surface area contributed by atoms with Crippen LogP contribution in [0.15, 0.2) is 23.2 Å². The minimum Gasteiger partial charge on any atom is -0.211 e. The quantitative estimate of drug-likeness (QED) is 0.482. The van der Waals surface area contributed by atoms with E-state index in [-0.39, 0.29) is 0 Å². The zero-order valence-corrected chi connectivity index (χ0v) is 7.29. The molecule has 0 saturated heterocycles. The molecule has 1 rings (SSSR count). The molecule has 1 aromatic carbocycles. The second kappa shape index (κ2) is 3.84. The Labute approximate surface area is 71.9 Å². The summed E-state index contributed by atoms with van der Waals surface area (Å²) in [6.45, 7) is 4.49. The van der Waals surface area contributed by atoms with Gasteiger partial charge in [0.15, 0.2) is 0 Å². The molecule has 0 aliphatic heterocycles. The van der Waals surface area contributed by atoms with Crippen molar-refractivity contribution in [3.05, 3.63) is 34.9 Å². The van der Waals surface area contributed by atoms with Gasteiger partial charge in [-0.25, -0.2) is 9.79 Å². The van der Waals surface area contributed by atoms with Crippen LogP contribution in [0.1, 0.15) is 16.7 Å². The van der Waals surface area contributed by atoms with Crippen molar-refractivity contribution in [2.75, 3.05) is 0 Å². The number of nitrogens with zero attached hydrogens (tertiary/aromatic N) is 1. The predicted octanol–water partition coefficient (Wildman–Crippen LogP) is 2.14. The van der Waals surface area contributed by atoms with E-state index in [1.165, 1.54) is 17.2 Å². The number of benzene rings is 1. The summed E-state index contributed by atoms with van der Waals surface area (Å²) in [5, 5.41) is 0. The minimum atomic E-state index is 0.437. The molecule has 0 heterocycles. The molecule has 12 heavy (non-hydrogen) atoms. The lowest BCUT2D eigenvalue weighted by Crippen LogP contribution is -1.85. The molecule has 0 aromatic heterocycles. The number of aryl methyl sites for hydroxylation is 2. The van der Waals surface area contributed by atoms with Crippen molar-refractivity contribution in [3.63, 3.8) is 0 Å². The van der Waals surface area contributed by atoms with E-state index in [9.17, 15) is 4.79 Å². The number of isocyanates is 1. The normalized spacial score (nSPS) is 9.17. The molecule has 0 amide bonds. The van der Waals surface area contributed by atoms with Crippen LogP contribution >= 0.6 is 0 Å². The van der Waals surface area contributed by atoms with Crippen LogP contribution in [0.3, 0.4) is 0 Å². The Morgan fingerprint density at radius 2 is 1.83 bits per heavy atom. The van der Waals surface area contributed by atoms with E-state index in [2.05, 4.69) is 11.1 Å². The zero-order chi connectivity index (χ0) is 8.97. The Balaban J connectivity index is 2.92. The van der Waals surface area contributed by atoms with Gasteiger partial charge in [-0.2, -0.15) is 0 Å². The number of hydrogen-bond donors (Lipinski definition) is 0. The SMILES string of the molecule is Cc1cc(C)cc(CN=C=O)c1. The fourth-order valence-corrected chi connectivity index (χ4v) is 1.28. The molecule has 0 unspecified atom stereocenters. The van der Waals surface area contributed by atoms with Crippen molar-refractivity contribution in [2.24, 2.45) is 4.99 Å². The average Bonchev–Trinajstić information content (AvgIpc) is 1.99. The number of hydrogen-bond acceptors (Lipinski definition) is 2. The number of aliphatic imine (C=N–C) groups is 1. The lowest BCUT2D eigenvalue weighted by atomic mass is 10.1. The van der Waals surface area contributed by atoms with Crippen LogP contribution in [-0.2, 0) is 11.3 Å². The first-order valence-electron chi connectivity index (χ1n) is 3.83. The summed E-state index contributed by atoms with van der Waals surface area (Å²) in [6.07, 6.45) is 1.53. The highest BCUT2D eigenvalue weighted by Crippen LogP contribution is 2.09. The van der Waals surface area contributed by atoms with E-state index in [1.54, 1.807) is 0 Å². The van der Waals surface area contributed by atoms with Gasteiger partial charge >= 0.3 is 0 Å². The molecule has 62 valence electrons. The van der Waals surface area contributed by atoms with Gasteiger partial charge in [-0.05, 0) is 19.4 Å². The molecule has 1 aromatic rings. The summed E-state index contributed by atoms with van der Waals surface area (Å²) in [7, 11) is 0. The molecule has 0 bridgehead atoms. The molecule has 2 heteroatoms. The Kier molecular flexibility index (Phi) is 2.78. The molecule has 2 nitrogen and oxygen atoms in total. The summed E-state index contributed by atoms with van der Waals surface area (Å²) >= 11 is 0. The van der Waals surface area contributed by atoms with Gasteiger partial charge in [-0.3, -0.25) is 0 Å². The van der Waals surface area contributed by atoms with Crippen molar-refractivity contribution in [1.29, 1.82) is 0 Å². The zero-order valence-electron chi connectivity index (χ0n) is 7.29. The number of rotatable bonds is 2. The highest BCUT2D eigenvalue weighted by Gasteiger charge is 1.93. The standard InChI is InChI=1S/C10H11NO/c1-8-3-9(2)5-10(4-8)6-11-7-12/h3-5H,6H2,1-2H3. The molecule has 0 aliphatic rings. The highest BCUT2D eigenvalue weighted by molar-refractivity contribution is 5.35. The summed E-state index contributed by atoms with van der Waals surface area (Å²) in [5.41, 5.74) is 3.47. The lowest BCUT2D eigenvalue weighted by molar-refractivity contribution is 0.563. The maximum atomic E-state index is 9.86. The van der Waals surface area contributed by atoms with E-state index in [1.807, 2.05) is 26.0 Å². The first-order valence-corrected chi connectivity index (χ1v) is 3.83. The largest absolute Gasteiger partial charge is 0.235 e. The summed E-state index contributed by atoms with van der Waals surface area (Å²) in [4.78, 5) is 13.4. The first kappa shape index (κ1) is 8.69. The van der Waals surface area contributed by atoms with Crippen LogP contribution in [0, 0.1) is 13.8 Å².